The summed E-state index contributed by atoms with van der Waals surface area (Å²) < 4.78 is 5.23. The van der Waals surface area contributed by atoms with Crippen LogP contribution in [0, 0.1) is 12.3 Å². The summed E-state index contributed by atoms with van der Waals surface area (Å²) in [6, 6.07) is 0. The lowest BCUT2D eigenvalue weighted by molar-refractivity contribution is 0.0659. The quantitative estimate of drug-likeness (QED) is 0.817. The minimum absolute atomic E-state index is 0.0912. The van der Waals surface area contributed by atoms with Crippen molar-refractivity contribution in [3.63, 3.8) is 0 Å². The van der Waals surface area contributed by atoms with Gasteiger partial charge in [0.15, 0.2) is 5.69 Å². The van der Waals surface area contributed by atoms with E-state index in [4.69, 9.17) is 4.52 Å². The van der Waals surface area contributed by atoms with Crippen molar-refractivity contribution in [2.24, 2.45) is 5.41 Å². The first kappa shape index (κ1) is 17.7. The SMILES string of the molecule is CCc1onc(C(=O)NC(C)(C)C(CC)(CC)CC)c1C. The highest BCUT2D eigenvalue weighted by Crippen LogP contribution is 2.41. The fraction of sp³-hybridized carbons (Fsp3) is 0.765. The van der Waals surface area contributed by atoms with Gasteiger partial charge in [0.05, 0.1) is 0 Å². The van der Waals surface area contributed by atoms with Crippen LogP contribution in [-0.2, 0) is 6.42 Å². The van der Waals surface area contributed by atoms with Crippen molar-refractivity contribution in [3.05, 3.63) is 17.0 Å². The standard InChI is InChI=1S/C17H30N2O2/c1-8-13-12(5)14(19-21-13)15(20)18-16(6,7)17(9-2,10-3)11-4/h8-11H2,1-7H3,(H,18,20). The fourth-order valence-electron chi connectivity index (χ4n) is 3.46. The zero-order chi connectivity index (χ0) is 16.3. The molecule has 1 amide bonds. The van der Waals surface area contributed by atoms with E-state index in [2.05, 4.69) is 45.1 Å². The van der Waals surface area contributed by atoms with Crippen LogP contribution in [0.25, 0.3) is 0 Å². The maximum absolute atomic E-state index is 12.6. The van der Waals surface area contributed by atoms with Crippen molar-refractivity contribution in [1.29, 1.82) is 0 Å². The van der Waals surface area contributed by atoms with E-state index < -0.39 is 0 Å². The van der Waals surface area contributed by atoms with Crippen LogP contribution < -0.4 is 5.32 Å². The number of aromatic nitrogens is 1. The van der Waals surface area contributed by atoms with Crippen LogP contribution in [0.3, 0.4) is 0 Å². The minimum Gasteiger partial charge on any atom is -0.360 e. The number of carbonyl (C=O) groups is 1. The van der Waals surface area contributed by atoms with Gasteiger partial charge < -0.3 is 9.84 Å². The highest BCUT2D eigenvalue weighted by Gasteiger charge is 2.42. The monoisotopic (exact) mass is 294 g/mol. The average Bonchev–Trinajstić information content (AvgIpc) is 2.81. The highest BCUT2D eigenvalue weighted by atomic mass is 16.5. The van der Waals surface area contributed by atoms with Crippen LogP contribution in [-0.4, -0.2) is 16.6 Å². The molecule has 120 valence electrons. The fourth-order valence-corrected chi connectivity index (χ4v) is 3.46. The third-order valence-corrected chi connectivity index (χ3v) is 5.34. The lowest BCUT2D eigenvalue weighted by Gasteiger charge is -2.46. The molecular formula is C17H30N2O2. The molecule has 1 heterocycles. The molecule has 1 aromatic heterocycles. The molecule has 0 aliphatic heterocycles. The summed E-state index contributed by atoms with van der Waals surface area (Å²) in [5.41, 5.74) is 1.06. The van der Waals surface area contributed by atoms with Gasteiger partial charge >= 0.3 is 0 Å². The van der Waals surface area contributed by atoms with Gasteiger partial charge in [-0.25, -0.2) is 0 Å². The second kappa shape index (κ2) is 6.63. The Morgan fingerprint density at radius 3 is 2.05 bits per heavy atom. The Hall–Kier alpha value is -1.32. The predicted molar refractivity (Wildman–Crippen MR) is 85.5 cm³/mol. The van der Waals surface area contributed by atoms with Gasteiger partial charge in [-0.2, -0.15) is 0 Å². The normalized spacial score (nSPS) is 12.5. The number of amides is 1. The molecule has 1 aromatic rings. The van der Waals surface area contributed by atoms with Gasteiger partial charge in [0.25, 0.3) is 5.91 Å². The summed E-state index contributed by atoms with van der Waals surface area (Å²) in [6.07, 6.45) is 3.85. The number of hydrogen-bond donors (Lipinski definition) is 1. The Morgan fingerprint density at radius 1 is 1.14 bits per heavy atom. The molecule has 1 rings (SSSR count). The van der Waals surface area contributed by atoms with Crippen molar-refractivity contribution in [1.82, 2.24) is 10.5 Å². The summed E-state index contributed by atoms with van der Waals surface area (Å²) in [5.74, 6) is 0.645. The lowest BCUT2D eigenvalue weighted by atomic mass is 9.66. The molecule has 21 heavy (non-hydrogen) atoms. The molecule has 0 aromatic carbocycles. The van der Waals surface area contributed by atoms with Crippen molar-refractivity contribution < 1.29 is 9.32 Å². The molecule has 0 aliphatic rings. The molecule has 4 nitrogen and oxygen atoms in total. The minimum atomic E-state index is -0.292. The third-order valence-electron chi connectivity index (χ3n) is 5.34. The molecule has 4 heteroatoms. The van der Waals surface area contributed by atoms with Gasteiger partial charge in [0.2, 0.25) is 0 Å². The Kier molecular flexibility index (Phi) is 5.60. The van der Waals surface area contributed by atoms with E-state index in [0.717, 1.165) is 37.0 Å². The van der Waals surface area contributed by atoms with Crippen molar-refractivity contribution in [2.45, 2.75) is 79.7 Å². The molecule has 0 bridgehead atoms. The first-order valence-electron chi connectivity index (χ1n) is 8.06. The van der Waals surface area contributed by atoms with E-state index in [1.165, 1.54) is 0 Å². The highest BCUT2D eigenvalue weighted by molar-refractivity contribution is 5.94. The van der Waals surface area contributed by atoms with E-state index in [-0.39, 0.29) is 16.9 Å². The van der Waals surface area contributed by atoms with Gasteiger partial charge in [-0.05, 0) is 45.4 Å². The topological polar surface area (TPSA) is 55.1 Å². The Morgan fingerprint density at radius 2 is 1.67 bits per heavy atom. The number of nitrogens with zero attached hydrogens (tertiary/aromatic N) is 1. The number of hydrogen-bond acceptors (Lipinski definition) is 3. The molecule has 0 atom stereocenters. The molecule has 0 spiro atoms. The Bertz CT molecular complexity index is 477. The summed E-state index contributed by atoms with van der Waals surface area (Å²) in [6.45, 7) is 14.7. The average molecular weight is 294 g/mol. The largest absolute Gasteiger partial charge is 0.360 e. The summed E-state index contributed by atoms with van der Waals surface area (Å²) in [4.78, 5) is 12.6. The van der Waals surface area contributed by atoms with Crippen molar-refractivity contribution in [3.8, 4) is 0 Å². The molecule has 0 saturated heterocycles. The summed E-state index contributed by atoms with van der Waals surface area (Å²) >= 11 is 0. The van der Waals surface area contributed by atoms with E-state index in [1.807, 2.05) is 13.8 Å². The van der Waals surface area contributed by atoms with E-state index >= 15 is 0 Å². The number of aryl methyl sites for hydroxylation is 1. The Balaban J connectivity index is 3.02. The first-order chi connectivity index (χ1) is 9.78. The van der Waals surface area contributed by atoms with Crippen molar-refractivity contribution >= 4 is 5.91 Å². The zero-order valence-corrected chi connectivity index (χ0v) is 14.6. The maximum Gasteiger partial charge on any atom is 0.274 e. The zero-order valence-electron chi connectivity index (χ0n) is 14.6. The molecule has 0 unspecified atom stereocenters. The molecular weight excluding hydrogens is 264 g/mol. The van der Waals surface area contributed by atoms with Crippen LogP contribution in [0.15, 0.2) is 4.52 Å². The molecule has 1 N–H and O–H groups in total. The summed E-state index contributed by atoms with van der Waals surface area (Å²) in [5, 5.41) is 7.13. The van der Waals surface area contributed by atoms with E-state index in [9.17, 15) is 4.79 Å². The number of carbonyl (C=O) groups excluding carboxylic acids is 1. The predicted octanol–water partition coefficient (Wildman–Crippen LogP) is 4.27. The van der Waals surface area contributed by atoms with Crippen LogP contribution in [0.2, 0.25) is 0 Å². The van der Waals surface area contributed by atoms with E-state index in [1.54, 1.807) is 0 Å². The Labute approximate surface area is 128 Å². The van der Waals surface area contributed by atoms with Gasteiger partial charge in [-0.3, -0.25) is 4.79 Å². The van der Waals surface area contributed by atoms with Crippen LogP contribution >= 0.6 is 0 Å². The lowest BCUT2D eigenvalue weighted by Crippen LogP contribution is -2.55. The summed E-state index contributed by atoms with van der Waals surface area (Å²) in [7, 11) is 0. The maximum atomic E-state index is 12.6. The van der Waals surface area contributed by atoms with Crippen molar-refractivity contribution in [2.75, 3.05) is 0 Å². The van der Waals surface area contributed by atoms with Gasteiger partial charge in [0, 0.05) is 17.5 Å². The number of nitrogens with one attached hydrogen (secondary N) is 1. The number of rotatable bonds is 7. The third kappa shape index (κ3) is 3.14. The second-order valence-corrected chi connectivity index (χ2v) is 6.35. The smallest absolute Gasteiger partial charge is 0.274 e. The van der Waals surface area contributed by atoms with Crippen LogP contribution in [0.5, 0.6) is 0 Å². The second-order valence-electron chi connectivity index (χ2n) is 6.35. The molecule has 0 aliphatic carbocycles. The first-order valence-corrected chi connectivity index (χ1v) is 8.06. The van der Waals surface area contributed by atoms with Crippen LogP contribution in [0.1, 0.15) is 82.6 Å². The van der Waals surface area contributed by atoms with Gasteiger partial charge in [0.1, 0.15) is 5.76 Å². The molecule has 0 saturated carbocycles. The van der Waals surface area contributed by atoms with Crippen LogP contribution in [0.4, 0.5) is 0 Å². The van der Waals surface area contributed by atoms with E-state index in [0.29, 0.717) is 5.69 Å². The molecule has 0 fully saturated rings. The molecule has 0 radical (unpaired) electrons. The van der Waals surface area contributed by atoms with Gasteiger partial charge in [-0.15, -0.1) is 0 Å². The van der Waals surface area contributed by atoms with Gasteiger partial charge in [-0.1, -0.05) is 32.9 Å².